The third kappa shape index (κ3) is 5.34. The maximum absolute atomic E-state index is 14.3. The van der Waals surface area contributed by atoms with E-state index in [1.54, 1.807) is 12.1 Å². The van der Waals surface area contributed by atoms with Crippen LogP contribution in [0, 0.1) is 11.8 Å². The van der Waals surface area contributed by atoms with Crippen molar-refractivity contribution < 1.29 is 27.8 Å². The first-order chi connectivity index (χ1) is 17.7. The van der Waals surface area contributed by atoms with Crippen molar-refractivity contribution in [3.05, 3.63) is 41.5 Å². The maximum Gasteiger partial charge on any atom is 0.420 e. The highest BCUT2D eigenvalue weighted by Gasteiger charge is 2.44. The fourth-order valence-electron chi connectivity index (χ4n) is 7.20. The Morgan fingerprint density at radius 1 is 1.05 bits per heavy atom. The summed E-state index contributed by atoms with van der Waals surface area (Å²) in [5, 5.41) is 10.4. The van der Waals surface area contributed by atoms with Crippen LogP contribution in [0.4, 0.5) is 13.2 Å². The standard InChI is InChI=1S/C30H38F3NO3/c1-3-26(34-22-5-4-6-23(34)17-21(16-22)29(35)36)20-9-13-25-19(15-20)10-14-27(28(25)30(31,32)33)37-24-11-7-18(2)8-12-24/h9-10,13-15,18,21-24,26H,3-8,11-12,16-17H2,1-2H3,(H,35,36)/t18-,21?,22?,23?,24+,26-/m1/s1. The molecule has 1 aliphatic carbocycles. The van der Waals surface area contributed by atoms with Crippen molar-refractivity contribution in [2.75, 3.05) is 0 Å². The molecule has 2 heterocycles. The second kappa shape index (κ2) is 10.5. The average molecular weight is 518 g/mol. The first-order valence-corrected chi connectivity index (χ1v) is 14.0. The zero-order chi connectivity index (χ0) is 26.3. The van der Waals surface area contributed by atoms with Gasteiger partial charge in [-0.25, -0.2) is 0 Å². The van der Waals surface area contributed by atoms with E-state index in [9.17, 15) is 23.1 Å². The van der Waals surface area contributed by atoms with Crippen LogP contribution in [0.3, 0.4) is 0 Å². The fraction of sp³-hybridized carbons (Fsp3) is 0.633. The van der Waals surface area contributed by atoms with Gasteiger partial charge in [-0.05, 0) is 92.2 Å². The predicted molar refractivity (Wildman–Crippen MR) is 138 cm³/mol. The van der Waals surface area contributed by atoms with Gasteiger partial charge in [-0.3, -0.25) is 9.69 Å². The molecule has 2 saturated heterocycles. The first-order valence-electron chi connectivity index (χ1n) is 14.0. The molecule has 1 saturated carbocycles. The Kier molecular flexibility index (Phi) is 7.45. The Morgan fingerprint density at radius 3 is 2.32 bits per heavy atom. The zero-order valence-electron chi connectivity index (χ0n) is 21.8. The molecule has 0 radical (unpaired) electrons. The number of hydrogen-bond donors (Lipinski definition) is 1. The number of carbonyl (C=O) groups is 1. The Labute approximate surface area is 217 Å². The van der Waals surface area contributed by atoms with Gasteiger partial charge in [-0.1, -0.05) is 38.5 Å². The second-order valence-corrected chi connectivity index (χ2v) is 11.5. The number of alkyl halides is 3. The smallest absolute Gasteiger partial charge is 0.420 e. The maximum atomic E-state index is 14.3. The summed E-state index contributed by atoms with van der Waals surface area (Å²) in [4.78, 5) is 14.2. The third-order valence-corrected chi connectivity index (χ3v) is 9.06. The highest BCUT2D eigenvalue weighted by Crippen LogP contribution is 2.46. The van der Waals surface area contributed by atoms with Crippen LogP contribution in [-0.2, 0) is 11.0 Å². The summed E-state index contributed by atoms with van der Waals surface area (Å²) in [7, 11) is 0. The summed E-state index contributed by atoms with van der Waals surface area (Å²) in [6.45, 7) is 4.28. The Hall–Kier alpha value is -2.28. The van der Waals surface area contributed by atoms with E-state index in [1.165, 1.54) is 6.07 Å². The summed E-state index contributed by atoms with van der Waals surface area (Å²) in [5.41, 5.74) is 0.325. The van der Waals surface area contributed by atoms with E-state index in [2.05, 4.69) is 18.7 Å². The molecular weight excluding hydrogens is 479 g/mol. The number of benzene rings is 2. The van der Waals surface area contributed by atoms with E-state index in [-0.39, 0.29) is 41.3 Å². The minimum atomic E-state index is -4.52. The molecule has 37 heavy (non-hydrogen) atoms. The predicted octanol–water partition coefficient (Wildman–Crippen LogP) is 7.98. The Bertz CT molecular complexity index is 1110. The molecule has 3 fully saturated rings. The number of fused-ring (bicyclic) bond motifs is 3. The van der Waals surface area contributed by atoms with E-state index in [0.29, 0.717) is 24.1 Å². The molecule has 5 rings (SSSR count). The van der Waals surface area contributed by atoms with E-state index in [4.69, 9.17) is 4.74 Å². The van der Waals surface area contributed by atoms with Crippen molar-refractivity contribution in [3.63, 3.8) is 0 Å². The molecule has 4 nitrogen and oxygen atoms in total. The Morgan fingerprint density at radius 2 is 1.73 bits per heavy atom. The van der Waals surface area contributed by atoms with Crippen molar-refractivity contribution in [3.8, 4) is 5.75 Å². The molecule has 2 aromatic rings. The monoisotopic (exact) mass is 517 g/mol. The minimum absolute atomic E-state index is 0.0592. The van der Waals surface area contributed by atoms with Gasteiger partial charge >= 0.3 is 12.1 Å². The largest absolute Gasteiger partial charge is 0.490 e. The van der Waals surface area contributed by atoms with Crippen LogP contribution >= 0.6 is 0 Å². The quantitative estimate of drug-likeness (QED) is 0.422. The minimum Gasteiger partial charge on any atom is -0.490 e. The highest BCUT2D eigenvalue weighted by atomic mass is 19.4. The number of rotatable bonds is 6. The average Bonchev–Trinajstić information content (AvgIpc) is 2.84. The first kappa shape index (κ1) is 26.3. The van der Waals surface area contributed by atoms with E-state index in [1.807, 2.05) is 12.1 Å². The summed E-state index contributed by atoms with van der Waals surface area (Å²) >= 11 is 0. The van der Waals surface area contributed by atoms with Gasteiger partial charge in [0.15, 0.2) is 0 Å². The number of carboxylic acids is 1. The van der Waals surface area contributed by atoms with Crippen LogP contribution in [0.25, 0.3) is 10.8 Å². The molecule has 2 bridgehead atoms. The van der Waals surface area contributed by atoms with Crippen LogP contribution in [0.1, 0.15) is 95.2 Å². The van der Waals surface area contributed by atoms with Crippen molar-refractivity contribution in [2.24, 2.45) is 11.8 Å². The fourth-order valence-corrected chi connectivity index (χ4v) is 7.20. The van der Waals surface area contributed by atoms with Gasteiger partial charge in [0.05, 0.1) is 12.0 Å². The number of halogens is 3. The van der Waals surface area contributed by atoms with E-state index in [0.717, 1.165) is 56.9 Å². The lowest BCUT2D eigenvalue weighted by Crippen LogP contribution is -2.54. The van der Waals surface area contributed by atoms with Crippen LogP contribution in [0.15, 0.2) is 30.3 Å². The van der Waals surface area contributed by atoms with Gasteiger partial charge in [0.25, 0.3) is 0 Å². The van der Waals surface area contributed by atoms with Crippen molar-refractivity contribution in [1.29, 1.82) is 0 Å². The normalized spacial score (nSPS) is 29.7. The lowest BCUT2D eigenvalue weighted by Gasteiger charge is -2.51. The molecule has 2 aliphatic heterocycles. The number of carboxylic acid groups (broad SMARTS) is 1. The number of piperidine rings is 2. The molecule has 0 spiro atoms. The van der Waals surface area contributed by atoms with Gasteiger partial charge < -0.3 is 9.84 Å². The lowest BCUT2D eigenvalue weighted by atomic mass is 9.76. The van der Waals surface area contributed by atoms with Crippen LogP contribution < -0.4 is 4.74 Å². The summed E-state index contributed by atoms with van der Waals surface area (Å²) in [5.74, 6) is -0.487. The number of nitrogens with zero attached hydrogens (tertiary/aromatic N) is 1. The number of aliphatic carboxylic acids is 1. The van der Waals surface area contributed by atoms with Gasteiger partial charge in [0, 0.05) is 18.1 Å². The van der Waals surface area contributed by atoms with Crippen molar-refractivity contribution in [2.45, 2.75) is 108 Å². The molecule has 0 aromatic heterocycles. The highest BCUT2D eigenvalue weighted by molar-refractivity contribution is 5.89. The summed E-state index contributed by atoms with van der Waals surface area (Å²) in [6, 6.07) is 9.10. The van der Waals surface area contributed by atoms with Gasteiger partial charge in [0.1, 0.15) is 11.3 Å². The van der Waals surface area contributed by atoms with Crippen molar-refractivity contribution in [1.82, 2.24) is 4.90 Å². The van der Waals surface area contributed by atoms with Gasteiger partial charge in [-0.2, -0.15) is 13.2 Å². The van der Waals surface area contributed by atoms with Crippen LogP contribution in [0.5, 0.6) is 5.75 Å². The molecule has 2 aromatic carbocycles. The topological polar surface area (TPSA) is 49.8 Å². The molecular formula is C30H38F3NO3. The summed E-state index contributed by atoms with van der Waals surface area (Å²) < 4.78 is 49.0. The van der Waals surface area contributed by atoms with Crippen molar-refractivity contribution >= 4 is 16.7 Å². The van der Waals surface area contributed by atoms with Gasteiger partial charge in [0.2, 0.25) is 0 Å². The third-order valence-electron chi connectivity index (χ3n) is 9.06. The number of ether oxygens (including phenoxy) is 1. The number of hydrogen-bond acceptors (Lipinski definition) is 3. The SMILES string of the molecule is CC[C@H](c1ccc2c(C(F)(F)F)c(O[C@H]3CC[C@@H](C)CC3)ccc2c1)N1C2CCCC1CC(C(=O)O)C2. The zero-order valence-corrected chi connectivity index (χ0v) is 21.8. The lowest BCUT2D eigenvalue weighted by molar-refractivity contribution is -0.147. The van der Waals surface area contributed by atoms with Crippen LogP contribution in [0.2, 0.25) is 0 Å². The van der Waals surface area contributed by atoms with E-state index >= 15 is 0 Å². The molecule has 3 aliphatic rings. The second-order valence-electron chi connectivity index (χ2n) is 11.5. The summed E-state index contributed by atoms with van der Waals surface area (Å²) in [6.07, 6.45) is 4.01. The molecule has 7 heteroatoms. The molecule has 202 valence electrons. The molecule has 1 N–H and O–H groups in total. The Balaban J connectivity index is 1.46. The molecule has 2 unspecified atom stereocenters. The molecule has 3 atom stereocenters. The van der Waals surface area contributed by atoms with Crippen LogP contribution in [-0.4, -0.2) is 34.2 Å². The van der Waals surface area contributed by atoms with Gasteiger partial charge in [-0.15, -0.1) is 0 Å². The molecule has 0 amide bonds. The van der Waals surface area contributed by atoms with E-state index < -0.39 is 17.7 Å².